The molecule has 0 atom stereocenters. The molecule has 18 heavy (non-hydrogen) atoms. The van der Waals surface area contributed by atoms with E-state index in [1.807, 2.05) is 12.1 Å². The highest BCUT2D eigenvalue weighted by molar-refractivity contribution is 5.78. The summed E-state index contributed by atoms with van der Waals surface area (Å²) in [6.07, 6.45) is 4.36. The molecule has 0 saturated carbocycles. The van der Waals surface area contributed by atoms with Crippen LogP contribution < -0.4 is 11.1 Å². The third-order valence-corrected chi connectivity index (χ3v) is 3.27. The molecule has 0 aliphatic carbocycles. The average molecular weight is 251 g/mol. The maximum atomic E-state index is 11.7. The Hall–Kier alpha value is -1.33. The van der Waals surface area contributed by atoms with Crippen molar-refractivity contribution in [1.29, 1.82) is 0 Å². The maximum absolute atomic E-state index is 11.7. The lowest BCUT2D eigenvalue weighted by Gasteiger charge is -2.29. The second-order valence-corrected chi connectivity index (χ2v) is 4.79. The van der Waals surface area contributed by atoms with E-state index in [1.54, 1.807) is 6.26 Å². The van der Waals surface area contributed by atoms with Gasteiger partial charge in [0.05, 0.1) is 12.8 Å². The molecule has 3 N–H and O–H groups in total. The van der Waals surface area contributed by atoms with Crippen LogP contribution in [0, 0.1) is 0 Å². The molecule has 5 heteroatoms. The van der Waals surface area contributed by atoms with Gasteiger partial charge in [-0.25, -0.2) is 0 Å². The molecule has 1 saturated heterocycles. The quantitative estimate of drug-likeness (QED) is 0.792. The van der Waals surface area contributed by atoms with E-state index in [0.717, 1.165) is 38.1 Å². The molecule has 0 aromatic carbocycles. The Balaban J connectivity index is 1.60. The highest BCUT2D eigenvalue weighted by atomic mass is 16.3. The van der Waals surface area contributed by atoms with E-state index in [4.69, 9.17) is 10.2 Å². The zero-order valence-corrected chi connectivity index (χ0v) is 10.6. The minimum absolute atomic E-state index is 0.0806. The lowest BCUT2D eigenvalue weighted by Crippen LogP contribution is -2.44. The fraction of sp³-hybridized carbons (Fsp3) is 0.615. The van der Waals surface area contributed by atoms with Gasteiger partial charge in [0.25, 0.3) is 0 Å². The summed E-state index contributed by atoms with van der Waals surface area (Å²) in [6, 6.07) is 4.08. The second-order valence-electron chi connectivity index (χ2n) is 4.79. The first kappa shape index (κ1) is 13.1. The highest BCUT2D eigenvalue weighted by Gasteiger charge is 2.17. The predicted molar refractivity (Wildman–Crippen MR) is 69.1 cm³/mol. The molecule has 1 fully saturated rings. The topological polar surface area (TPSA) is 71.5 Å². The fourth-order valence-electron chi connectivity index (χ4n) is 2.15. The Kier molecular flexibility index (Phi) is 4.78. The van der Waals surface area contributed by atoms with Gasteiger partial charge in [-0.1, -0.05) is 0 Å². The maximum Gasteiger partial charge on any atom is 0.234 e. The van der Waals surface area contributed by atoms with Gasteiger partial charge in [-0.3, -0.25) is 9.69 Å². The Morgan fingerprint density at radius 2 is 2.28 bits per heavy atom. The van der Waals surface area contributed by atoms with E-state index in [9.17, 15) is 4.79 Å². The molecule has 1 aromatic heterocycles. The molecule has 2 heterocycles. The van der Waals surface area contributed by atoms with Crippen LogP contribution in [0.15, 0.2) is 22.8 Å². The van der Waals surface area contributed by atoms with Crippen LogP contribution >= 0.6 is 0 Å². The molecule has 0 radical (unpaired) electrons. The second kappa shape index (κ2) is 6.56. The molecule has 0 unspecified atom stereocenters. The lowest BCUT2D eigenvalue weighted by atomic mass is 10.1. The molecule has 1 amide bonds. The van der Waals surface area contributed by atoms with Gasteiger partial charge < -0.3 is 15.5 Å². The number of amides is 1. The Morgan fingerprint density at radius 1 is 1.50 bits per heavy atom. The minimum atomic E-state index is 0.0806. The number of hydrogen-bond donors (Lipinski definition) is 2. The zero-order valence-electron chi connectivity index (χ0n) is 10.6. The van der Waals surface area contributed by atoms with Gasteiger partial charge in [-0.15, -0.1) is 0 Å². The first-order chi connectivity index (χ1) is 8.74. The summed E-state index contributed by atoms with van der Waals surface area (Å²) in [5.74, 6) is 0.983. The number of carbonyl (C=O) groups excluding carboxylic acids is 1. The molecule has 0 spiro atoms. The Morgan fingerprint density at radius 3 is 2.94 bits per heavy atom. The summed E-state index contributed by atoms with van der Waals surface area (Å²) in [5, 5.41) is 2.91. The molecule has 2 rings (SSSR count). The van der Waals surface area contributed by atoms with Gasteiger partial charge >= 0.3 is 0 Å². The number of piperidine rings is 1. The molecule has 0 bridgehead atoms. The van der Waals surface area contributed by atoms with Crippen molar-refractivity contribution >= 4 is 5.91 Å². The van der Waals surface area contributed by atoms with Crippen LogP contribution in [0.25, 0.3) is 0 Å². The molecular weight excluding hydrogens is 230 g/mol. The number of nitrogens with two attached hydrogens (primary N) is 1. The van der Waals surface area contributed by atoms with Gasteiger partial charge in [0.2, 0.25) is 5.91 Å². The van der Waals surface area contributed by atoms with Crippen LogP contribution in [0.1, 0.15) is 18.6 Å². The monoisotopic (exact) mass is 251 g/mol. The van der Waals surface area contributed by atoms with Gasteiger partial charge in [0.15, 0.2) is 0 Å². The van der Waals surface area contributed by atoms with E-state index in [2.05, 4.69) is 10.2 Å². The molecular formula is C13H21N3O2. The van der Waals surface area contributed by atoms with Crippen molar-refractivity contribution in [2.75, 3.05) is 26.2 Å². The van der Waals surface area contributed by atoms with E-state index in [-0.39, 0.29) is 5.91 Å². The molecule has 5 nitrogen and oxygen atoms in total. The van der Waals surface area contributed by atoms with E-state index in [1.165, 1.54) is 0 Å². The van der Waals surface area contributed by atoms with Crippen molar-refractivity contribution in [3.05, 3.63) is 24.2 Å². The lowest BCUT2D eigenvalue weighted by molar-refractivity contribution is -0.122. The smallest absolute Gasteiger partial charge is 0.234 e. The number of carbonyl (C=O) groups is 1. The average Bonchev–Trinajstić information content (AvgIpc) is 2.85. The summed E-state index contributed by atoms with van der Waals surface area (Å²) < 4.78 is 5.20. The number of nitrogens with one attached hydrogen (secondary N) is 1. The van der Waals surface area contributed by atoms with E-state index in [0.29, 0.717) is 19.1 Å². The standard InChI is InChI=1S/C13H21N3O2/c14-11-4-7-16(8-5-11)10-13(17)15-6-3-12-2-1-9-18-12/h1-2,9,11H,3-8,10,14H2,(H,15,17). The van der Waals surface area contributed by atoms with E-state index < -0.39 is 0 Å². The number of likely N-dealkylation sites (tertiary alicyclic amines) is 1. The zero-order chi connectivity index (χ0) is 12.8. The van der Waals surface area contributed by atoms with Crippen LogP contribution in [0.2, 0.25) is 0 Å². The largest absolute Gasteiger partial charge is 0.469 e. The molecule has 1 aliphatic rings. The first-order valence-electron chi connectivity index (χ1n) is 6.51. The van der Waals surface area contributed by atoms with Crippen LogP contribution in [-0.2, 0) is 11.2 Å². The summed E-state index contributed by atoms with van der Waals surface area (Å²) in [5.41, 5.74) is 5.82. The Bertz CT molecular complexity index is 356. The minimum Gasteiger partial charge on any atom is -0.469 e. The van der Waals surface area contributed by atoms with Crippen LogP contribution in [-0.4, -0.2) is 43.0 Å². The number of nitrogens with zero attached hydrogens (tertiary/aromatic N) is 1. The van der Waals surface area contributed by atoms with Gasteiger partial charge in [-0.05, 0) is 25.0 Å². The summed E-state index contributed by atoms with van der Waals surface area (Å²) in [4.78, 5) is 13.9. The summed E-state index contributed by atoms with van der Waals surface area (Å²) >= 11 is 0. The van der Waals surface area contributed by atoms with E-state index >= 15 is 0 Å². The van der Waals surface area contributed by atoms with Gasteiger partial charge in [-0.2, -0.15) is 0 Å². The van der Waals surface area contributed by atoms with Crippen molar-refractivity contribution in [2.24, 2.45) is 5.73 Å². The summed E-state index contributed by atoms with van der Waals surface area (Å²) in [7, 11) is 0. The van der Waals surface area contributed by atoms with Crippen molar-refractivity contribution < 1.29 is 9.21 Å². The van der Waals surface area contributed by atoms with Gasteiger partial charge in [0.1, 0.15) is 5.76 Å². The SMILES string of the molecule is NC1CCN(CC(=O)NCCc2ccco2)CC1. The van der Waals surface area contributed by atoms with Crippen molar-refractivity contribution in [2.45, 2.75) is 25.3 Å². The number of rotatable bonds is 5. The third-order valence-electron chi connectivity index (χ3n) is 3.27. The number of furan rings is 1. The summed E-state index contributed by atoms with van der Waals surface area (Å²) in [6.45, 7) is 2.95. The normalized spacial score (nSPS) is 17.8. The molecule has 1 aliphatic heterocycles. The van der Waals surface area contributed by atoms with Crippen LogP contribution in [0.4, 0.5) is 0 Å². The van der Waals surface area contributed by atoms with Crippen LogP contribution in [0.3, 0.4) is 0 Å². The van der Waals surface area contributed by atoms with Crippen molar-refractivity contribution in [3.63, 3.8) is 0 Å². The predicted octanol–water partition coefficient (Wildman–Crippen LogP) is 0.361. The fourth-order valence-corrected chi connectivity index (χ4v) is 2.15. The molecule has 100 valence electrons. The third kappa shape index (κ3) is 4.16. The van der Waals surface area contributed by atoms with Crippen LogP contribution in [0.5, 0.6) is 0 Å². The molecule has 1 aromatic rings. The number of hydrogen-bond acceptors (Lipinski definition) is 4. The first-order valence-corrected chi connectivity index (χ1v) is 6.51. The highest BCUT2D eigenvalue weighted by Crippen LogP contribution is 2.07. The van der Waals surface area contributed by atoms with Crippen molar-refractivity contribution in [3.8, 4) is 0 Å². The Labute approximate surface area is 107 Å². The van der Waals surface area contributed by atoms with Gasteiger partial charge in [0, 0.05) is 32.1 Å². The van der Waals surface area contributed by atoms with Crippen molar-refractivity contribution in [1.82, 2.24) is 10.2 Å².